The van der Waals surface area contributed by atoms with E-state index < -0.39 is 18.2 Å². The maximum Gasteiger partial charge on any atom is 0.335 e. The molecule has 1 aliphatic heterocycles. The van der Waals surface area contributed by atoms with Crippen molar-refractivity contribution in [3.63, 3.8) is 0 Å². The number of carbonyl (C=O) groups excluding carboxylic acids is 1. The first-order valence-electron chi connectivity index (χ1n) is 8.36. The molecule has 8 heteroatoms. The minimum atomic E-state index is -1.04. The fraction of sp³-hybridized carbons (Fsp3) is 0.263. The fourth-order valence-electron chi connectivity index (χ4n) is 2.89. The summed E-state index contributed by atoms with van der Waals surface area (Å²) in [6.07, 6.45) is -1.30. The highest BCUT2D eigenvalue weighted by atomic mass is 79.9. The first kappa shape index (κ1) is 19.3. The monoisotopic (exact) mass is 434 g/mol. The zero-order valence-electron chi connectivity index (χ0n) is 14.3. The van der Waals surface area contributed by atoms with Gasteiger partial charge in [-0.1, -0.05) is 22.0 Å². The van der Waals surface area contributed by atoms with Gasteiger partial charge in [0.05, 0.1) is 12.1 Å². The molecule has 0 aromatic heterocycles. The van der Waals surface area contributed by atoms with Crippen LogP contribution in [0, 0.1) is 0 Å². The number of aliphatic hydroxyl groups excluding tert-OH is 1. The molecule has 27 heavy (non-hydrogen) atoms. The molecular weight excluding hydrogens is 416 g/mol. The number of anilines is 1. The van der Waals surface area contributed by atoms with Gasteiger partial charge < -0.3 is 20.3 Å². The number of carbonyl (C=O) groups is 2. The average Bonchev–Trinajstić information content (AvgIpc) is 2.96. The van der Waals surface area contributed by atoms with E-state index >= 15 is 0 Å². The normalized spacial score (nSPS) is 19.6. The minimum absolute atomic E-state index is 0.116. The molecule has 0 spiro atoms. The number of benzene rings is 2. The van der Waals surface area contributed by atoms with Crippen molar-refractivity contribution < 1.29 is 24.5 Å². The van der Waals surface area contributed by atoms with Crippen molar-refractivity contribution in [1.29, 1.82) is 0 Å². The molecule has 0 aliphatic carbocycles. The second kappa shape index (κ2) is 8.51. The Labute approximate surface area is 164 Å². The van der Waals surface area contributed by atoms with Crippen LogP contribution < -0.4 is 10.1 Å². The molecule has 1 fully saturated rings. The van der Waals surface area contributed by atoms with Crippen LogP contribution in [-0.4, -0.2) is 58.8 Å². The van der Waals surface area contributed by atoms with Gasteiger partial charge in [-0.3, -0.25) is 9.69 Å². The van der Waals surface area contributed by atoms with E-state index in [4.69, 9.17) is 9.84 Å². The summed E-state index contributed by atoms with van der Waals surface area (Å²) in [5.41, 5.74) is 0.812. The van der Waals surface area contributed by atoms with Crippen LogP contribution in [-0.2, 0) is 4.79 Å². The molecule has 0 bridgehead atoms. The summed E-state index contributed by atoms with van der Waals surface area (Å²) in [7, 11) is 0. The maximum absolute atomic E-state index is 12.2. The number of rotatable bonds is 6. The van der Waals surface area contributed by atoms with Crippen LogP contribution in [0.25, 0.3) is 0 Å². The number of nitrogens with zero attached hydrogens (tertiary/aromatic N) is 1. The molecule has 142 valence electrons. The molecule has 0 radical (unpaired) electrons. The Morgan fingerprint density at radius 2 is 1.93 bits per heavy atom. The van der Waals surface area contributed by atoms with E-state index in [1.807, 2.05) is 12.1 Å². The predicted molar refractivity (Wildman–Crippen MR) is 103 cm³/mol. The lowest BCUT2D eigenvalue weighted by molar-refractivity contribution is -0.117. The van der Waals surface area contributed by atoms with Gasteiger partial charge in [-0.25, -0.2) is 4.79 Å². The SMILES string of the molecule is O=C(CN1C[C@@H](O)[C@H](Oc2cccc(C(=O)O)c2)C1)Nc1ccc(Br)cc1. The quantitative estimate of drug-likeness (QED) is 0.644. The summed E-state index contributed by atoms with van der Waals surface area (Å²) in [6, 6.07) is 13.4. The van der Waals surface area contributed by atoms with Gasteiger partial charge in [-0.15, -0.1) is 0 Å². The largest absolute Gasteiger partial charge is 0.486 e. The van der Waals surface area contributed by atoms with Gasteiger partial charge in [0.15, 0.2) is 0 Å². The molecule has 3 N–H and O–H groups in total. The number of ether oxygens (including phenoxy) is 1. The first-order chi connectivity index (χ1) is 12.9. The summed E-state index contributed by atoms with van der Waals surface area (Å²) < 4.78 is 6.66. The van der Waals surface area contributed by atoms with E-state index in [0.717, 1.165) is 4.47 Å². The molecule has 1 amide bonds. The third-order valence-electron chi connectivity index (χ3n) is 4.18. The Morgan fingerprint density at radius 1 is 1.19 bits per heavy atom. The summed E-state index contributed by atoms with van der Waals surface area (Å²) >= 11 is 3.34. The maximum atomic E-state index is 12.2. The number of halogens is 1. The number of β-amino-alcohol motifs (C(OH)–C–C–N with tert-alkyl or cyclic N) is 1. The lowest BCUT2D eigenvalue weighted by atomic mass is 10.2. The van der Waals surface area contributed by atoms with E-state index in [2.05, 4.69) is 21.2 Å². The average molecular weight is 435 g/mol. The smallest absolute Gasteiger partial charge is 0.335 e. The zero-order valence-corrected chi connectivity index (χ0v) is 15.9. The Kier molecular flexibility index (Phi) is 6.10. The molecule has 1 saturated heterocycles. The number of nitrogens with one attached hydrogen (secondary N) is 1. The van der Waals surface area contributed by atoms with Crippen molar-refractivity contribution in [2.75, 3.05) is 25.0 Å². The van der Waals surface area contributed by atoms with Crippen LogP contribution in [0.3, 0.4) is 0 Å². The van der Waals surface area contributed by atoms with Gasteiger partial charge in [0, 0.05) is 23.2 Å². The molecule has 7 nitrogen and oxygen atoms in total. The van der Waals surface area contributed by atoms with Crippen LogP contribution in [0.5, 0.6) is 5.75 Å². The van der Waals surface area contributed by atoms with Gasteiger partial charge in [0.2, 0.25) is 5.91 Å². The van der Waals surface area contributed by atoms with Crippen LogP contribution >= 0.6 is 15.9 Å². The molecule has 2 aromatic rings. The summed E-state index contributed by atoms with van der Waals surface area (Å²) in [5, 5.41) is 22.1. The van der Waals surface area contributed by atoms with Gasteiger partial charge in [-0.05, 0) is 42.5 Å². The topological polar surface area (TPSA) is 99.1 Å². The number of hydrogen-bond donors (Lipinski definition) is 3. The minimum Gasteiger partial charge on any atom is -0.486 e. The lowest BCUT2D eigenvalue weighted by Gasteiger charge is -2.17. The zero-order chi connectivity index (χ0) is 19.4. The second-order valence-electron chi connectivity index (χ2n) is 6.31. The number of carboxylic acid groups (broad SMARTS) is 1. The van der Waals surface area contributed by atoms with Crippen LogP contribution in [0.15, 0.2) is 53.0 Å². The third kappa shape index (κ3) is 5.29. The Balaban J connectivity index is 1.54. The van der Waals surface area contributed by atoms with Crippen LogP contribution in [0.2, 0.25) is 0 Å². The van der Waals surface area contributed by atoms with Gasteiger partial charge in [0.25, 0.3) is 0 Å². The first-order valence-corrected chi connectivity index (χ1v) is 9.16. The molecule has 0 unspecified atom stereocenters. The highest BCUT2D eigenvalue weighted by Crippen LogP contribution is 2.20. The van der Waals surface area contributed by atoms with Crippen molar-refractivity contribution in [1.82, 2.24) is 4.90 Å². The Morgan fingerprint density at radius 3 is 2.63 bits per heavy atom. The number of carboxylic acids is 1. The van der Waals surface area contributed by atoms with E-state index in [9.17, 15) is 14.7 Å². The van der Waals surface area contributed by atoms with Crippen molar-refractivity contribution in [2.24, 2.45) is 0 Å². The molecular formula is C19H19BrN2O5. The second-order valence-corrected chi connectivity index (χ2v) is 7.22. The van der Waals surface area contributed by atoms with Gasteiger partial charge in [0.1, 0.15) is 18.0 Å². The number of aromatic carboxylic acids is 1. The van der Waals surface area contributed by atoms with Crippen molar-refractivity contribution in [3.8, 4) is 5.75 Å². The number of amides is 1. The fourth-order valence-corrected chi connectivity index (χ4v) is 3.16. The van der Waals surface area contributed by atoms with Crippen LogP contribution in [0.4, 0.5) is 5.69 Å². The lowest BCUT2D eigenvalue weighted by Crippen LogP contribution is -2.33. The van der Waals surface area contributed by atoms with Gasteiger partial charge in [-0.2, -0.15) is 0 Å². The Bertz CT molecular complexity index is 827. The molecule has 1 aliphatic rings. The molecule has 1 heterocycles. The number of aliphatic hydroxyl groups is 1. The van der Waals surface area contributed by atoms with E-state index in [1.54, 1.807) is 29.2 Å². The summed E-state index contributed by atoms with van der Waals surface area (Å²) in [6.45, 7) is 0.797. The van der Waals surface area contributed by atoms with E-state index in [-0.39, 0.29) is 18.0 Å². The summed E-state index contributed by atoms with van der Waals surface area (Å²) in [4.78, 5) is 25.0. The highest BCUT2D eigenvalue weighted by Gasteiger charge is 2.34. The van der Waals surface area contributed by atoms with Gasteiger partial charge >= 0.3 is 5.97 Å². The summed E-state index contributed by atoms with van der Waals surface area (Å²) in [5.74, 6) is -0.850. The van der Waals surface area contributed by atoms with Crippen molar-refractivity contribution in [2.45, 2.75) is 12.2 Å². The molecule has 2 aromatic carbocycles. The van der Waals surface area contributed by atoms with Crippen molar-refractivity contribution >= 4 is 33.5 Å². The molecule has 2 atom stereocenters. The molecule has 0 saturated carbocycles. The third-order valence-corrected chi connectivity index (χ3v) is 4.70. The molecule has 3 rings (SSSR count). The predicted octanol–water partition coefficient (Wildman–Crippen LogP) is 2.21. The van der Waals surface area contributed by atoms with Crippen LogP contribution in [0.1, 0.15) is 10.4 Å². The standard InChI is InChI=1S/C19H19BrN2O5/c20-13-4-6-14(7-5-13)21-18(24)11-22-9-16(23)17(10-22)27-15-3-1-2-12(8-15)19(25)26/h1-8,16-17,23H,9-11H2,(H,21,24)(H,25,26)/t16-,17-/m1/s1. The Hall–Kier alpha value is -2.42. The van der Waals surface area contributed by atoms with E-state index in [0.29, 0.717) is 24.5 Å². The number of likely N-dealkylation sites (tertiary alicyclic amines) is 1. The van der Waals surface area contributed by atoms with Crippen molar-refractivity contribution in [3.05, 3.63) is 58.6 Å². The highest BCUT2D eigenvalue weighted by molar-refractivity contribution is 9.10. The number of hydrogen-bond acceptors (Lipinski definition) is 5. The van der Waals surface area contributed by atoms with E-state index in [1.165, 1.54) is 12.1 Å².